The minimum Gasteiger partial charge on any atom is -0.392 e. The van der Waals surface area contributed by atoms with E-state index in [2.05, 4.69) is 9.59 Å². The maximum Gasteiger partial charge on any atom is 0.268 e. The van der Waals surface area contributed by atoms with Gasteiger partial charge in [-0.3, -0.25) is 4.79 Å². The molecule has 2 rings (SSSR count). The van der Waals surface area contributed by atoms with Crippen LogP contribution in [0.4, 0.5) is 0 Å². The first kappa shape index (κ1) is 13.4. The summed E-state index contributed by atoms with van der Waals surface area (Å²) in [5, 5.41) is 3.98. The van der Waals surface area contributed by atoms with E-state index in [-0.39, 0.29) is 11.9 Å². The Labute approximate surface area is 116 Å². The lowest BCUT2D eigenvalue weighted by Gasteiger charge is -2.34. The highest BCUT2D eigenvalue weighted by Gasteiger charge is 2.31. The number of aromatic nitrogens is 2. The van der Waals surface area contributed by atoms with Gasteiger partial charge in [-0.2, -0.15) is 0 Å². The summed E-state index contributed by atoms with van der Waals surface area (Å²) in [5.74, 6) is -0.0284. The molecule has 98 valence electrons. The maximum atomic E-state index is 12.5. The van der Waals surface area contributed by atoms with Gasteiger partial charge in [-0.15, -0.1) is 5.10 Å². The number of nitrogens with two attached hydrogens (primary N) is 1. The molecule has 0 aromatic carbocycles. The molecule has 1 aromatic heterocycles. The highest BCUT2D eigenvalue weighted by atomic mass is 32.1. The van der Waals surface area contributed by atoms with Crippen LogP contribution in [0.3, 0.4) is 0 Å². The predicted octanol–water partition coefficient (Wildman–Crippen LogP) is 1.38. The van der Waals surface area contributed by atoms with Gasteiger partial charge in [0.25, 0.3) is 5.91 Å². The van der Waals surface area contributed by atoms with Crippen LogP contribution in [0, 0.1) is 0 Å². The quantitative estimate of drug-likeness (QED) is 0.849. The molecule has 0 spiro atoms. The fraction of sp³-hybridized carbons (Fsp3) is 0.636. The van der Waals surface area contributed by atoms with Crippen molar-refractivity contribution in [3.05, 3.63) is 10.6 Å². The number of rotatable bonds is 3. The molecule has 0 bridgehead atoms. The first-order valence-corrected chi connectivity index (χ1v) is 7.24. The van der Waals surface area contributed by atoms with Crippen molar-refractivity contribution >= 4 is 34.6 Å². The van der Waals surface area contributed by atoms with Gasteiger partial charge >= 0.3 is 0 Å². The maximum absolute atomic E-state index is 12.5. The van der Waals surface area contributed by atoms with Crippen molar-refractivity contribution in [3.63, 3.8) is 0 Å². The zero-order chi connectivity index (χ0) is 13.1. The molecule has 2 N–H and O–H groups in total. The van der Waals surface area contributed by atoms with Gasteiger partial charge in [0, 0.05) is 6.54 Å². The van der Waals surface area contributed by atoms with Crippen molar-refractivity contribution in [1.29, 1.82) is 0 Å². The van der Waals surface area contributed by atoms with E-state index in [1.165, 1.54) is 0 Å². The number of thiocarbonyl (C=S) groups is 1. The molecule has 2 heterocycles. The lowest BCUT2D eigenvalue weighted by Crippen LogP contribution is -2.49. The van der Waals surface area contributed by atoms with E-state index in [0.717, 1.165) is 36.5 Å². The van der Waals surface area contributed by atoms with E-state index in [4.69, 9.17) is 18.0 Å². The summed E-state index contributed by atoms with van der Waals surface area (Å²) < 4.78 is 3.86. The van der Waals surface area contributed by atoms with Crippen LogP contribution >= 0.6 is 23.8 Å². The molecule has 1 fully saturated rings. The van der Waals surface area contributed by atoms with Gasteiger partial charge < -0.3 is 10.6 Å². The standard InChI is InChI=1S/C11H16N4OS2/c1-2-7-9(18-14-13-7)11(16)15-6-4-3-5-8(15)10(12)17/h8H,2-6H2,1H3,(H2,12,17). The lowest BCUT2D eigenvalue weighted by molar-refractivity contribution is 0.0685. The number of aryl methyl sites for hydroxylation is 1. The number of amides is 1. The number of likely N-dealkylation sites (tertiary alicyclic amines) is 1. The number of hydrogen-bond acceptors (Lipinski definition) is 5. The molecule has 1 aromatic rings. The molecule has 18 heavy (non-hydrogen) atoms. The molecule has 0 radical (unpaired) electrons. The van der Waals surface area contributed by atoms with Crippen molar-refractivity contribution in [2.75, 3.05) is 6.54 Å². The van der Waals surface area contributed by atoms with Crippen LogP contribution in [0.25, 0.3) is 0 Å². The van der Waals surface area contributed by atoms with Gasteiger partial charge in [0.05, 0.1) is 16.7 Å². The third-order valence-electron chi connectivity index (χ3n) is 3.18. The normalized spacial score (nSPS) is 19.8. The van der Waals surface area contributed by atoms with Crippen LogP contribution in [0.1, 0.15) is 41.6 Å². The Balaban J connectivity index is 2.23. The second-order valence-corrected chi connectivity index (χ2v) is 5.54. The molecule has 1 unspecified atom stereocenters. The number of nitrogens with zero attached hydrogens (tertiary/aromatic N) is 3. The van der Waals surface area contributed by atoms with Crippen LogP contribution in [-0.2, 0) is 6.42 Å². The van der Waals surface area contributed by atoms with Crippen molar-refractivity contribution in [1.82, 2.24) is 14.5 Å². The monoisotopic (exact) mass is 284 g/mol. The summed E-state index contributed by atoms with van der Waals surface area (Å²) in [7, 11) is 0. The summed E-state index contributed by atoms with van der Waals surface area (Å²) in [6.45, 7) is 2.68. The SMILES string of the molecule is CCc1nnsc1C(=O)N1CCCCC1C(N)=S. The van der Waals surface area contributed by atoms with Crippen LogP contribution in [-0.4, -0.2) is 38.0 Å². The van der Waals surface area contributed by atoms with Gasteiger partial charge in [-0.1, -0.05) is 23.6 Å². The van der Waals surface area contributed by atoms with E-state index in [9.17, 15) is 4.79 Å². The van der Waals surface area contributed by atoms with Crippen LogP contribution in [0.5, 0.6) is 0 Å². The number of carbonyl (C=O) groups is 1. The smallest absolute Gasteiger partial charge is 0.268 e. The molecule has 1 aliphatic heterocycles. The largest absolute Gasteiger partial charge is 0.392 e. The minimum atomic E-state index is -0.118. The summed E-state index contributed by atoms with van der Waals surface area (Å²) >= 11 is 6.21. The van der Waals surface area contributed by atoms with Crippen LogP contribution < -0.4 is 5.73 Å². The number of carbonyl (C=O) groups excluding carboxylic acids is 1. The predicted molar refractivity (Wildman–Crippen MR) is 74.7 cm³/mol. The highest BCUT2D eigenvalue weighted by Crippen LogP contribution is 2.22. The fourth-order valence-electron chi connectivity index (χ4n) is 2.20. The molecule has 5 nitrogen and oxygen atoms in total. The first-order valence-electron chi connectivity index (χ1n) is 6.06. The van der Waals surface area contributed by atoms with Gasteiger partial charge in [0.15, 0.2) is 0 Å². The van der Waals surface area contributed by atoms with Crippen molar-refractivity contribution < 1.29 is 4.79 Å². The first-order chi connectivity index (χ1) is 8.65. The van der Waals surface area contributed by atoms with Gasteiger partial charge in [0.2, 0.25) is 0 Å². The Morgan fingerprint density at radius 2 is 2.39 bits per heavy atom. The molecule has 1 aliphatic rings. The Bertz CT molecular complexity index is 460. The Morgan fingerprint density at radius 3 is 3.06 bits per heavy atom. The van der Waals surface area contributed by atoms with Gasteiger partial charge in [0.1, 0.15) is 4.88 Å². The molecular formula is C11H16N4OS2. The Morgan fingerprint density at radius 1 is 1.61 bits per heavy atom. The molecule has 1 atom stereocenters. The molecule has 1 saturated heterocycles. The van der Waals surface area contributed by atoms with Crippen molar-refractivity contribution in [2.24, 2.45) is 5.73 Å². The fourth-order valence-corrected chi connectivity index (χ4v) is 3.16. The van der Waals surface area contributed by atoms with Gasteiger partial charge in [-0.25, -0.2) is 0 Å². The van der Waals surface area contributed by atoms with Crippen LogP contribution in [0.2, 0.25) is 0 Å². The van der Waals surface area contributed by atoms with E-state index < -0.39 is 0 Å². The number of piperidine rings is 1. The molecular weight excluding hydrogens is 268 g/mol. The average Bonchev–Trinajstić information content (AvgIpc) is 2.86. The lowest BCUT2D eigenvalue weighted by atomic mass is 10.0. The topological polar surface area (TPSA) is 72.1 Å². The van der Waals surface area contributed by atoms with E-state index >= 15 is 0 Å². The molecule has 7 heteroatoms. The summed E-state index contributed by atoms with van der Waals surface area (Å²) in [4.78, 5) is 15.3. The zero-order valence-corrected chi connectivity index (χ0v) is 11.9. The van der Waals surface area contributed by atoms with Crippen LogP contribution in [0.15, 0.2) is 0 Å². The van der Waals surface area contributed by atoms with Gasteiger partial charge in [-0.05, 0) is 37.2 Å². The Hall–Kier alpha value is -1.08. The average molecular weight is 284 g/mol. The number of hydrogen-bond donors (Lipinski definition) is 1. The van der Waals surface area contributed by atoms with E-state index in [1.54, 1.807) is 4.90 Å². The minimum absolute atomic E-state index is 0.0284. The van der Waals surface area contributed by atoms with E-state index in [1.807, 2.05) is 6.92 Å². The van der Waals surface area contributed by atoms with E-state index in [0.29, 0.717) is 22.8 Å². The third kappa shape index (κ3) is 2.51. The second kappa shape index (κ2) is 5.71. The second-order valence-electron chi connectivity index (χ2n) is 4.31. The zero-order valence-electron chi connectivity index (χ0n) is 10.3. The summed E-state index contributed by atoms with van der Waals surface area (Å²) in [6, 6.07) is -0.118. The Kier molecular flexibility index (Phi) is 4.23. The molecule has 0 aliphatic carbocycles. The third-order valence-corrected chi connectivity index (χ3v) is 4.21. The molecule has 0 saturated carbocycles. The summed E-state index contributed by atoms with van der Waals surface area (Å²) in [5.41, 5.74) is 6.49. The summed E-state index contributed by atoms with van der Waals surface area (Å²) in [6.07, 6.45) is 3.63. The highest BCUT2D eigenvalue weighted by molar-refractivity contribution is 7.80. The van der Waals surface area contributed by atoms with Crippen molar-refractivity contribution in [3.8, 4) is 0 Å². The molecule has 1 amide bonds. The van der Waals surface area contributed by atoms with Crippen molar-refractivity contribution in [2.45, 2.75) is 38.6 Å².